The summed E-state index contributed by atoms with van der Waals surface area (Å²) in [5, 5.41) is 9.34. The molecule has 0 aliphatic carbocycles. The number of nitrogens with zero attached hydrogens (tertiary/aromatic N) is 1. The largest absolute Gasteiger partial charge is 0.496 e. The van der Waals surface area contributed by atoms with Crippen molar-refractivity contribution in [1.29, 1.82) is 0 Å². The van der Waals surface area contributed by atoms with Crippen LogP contribution >= 0.6 is 0 Å². The zero-order chi connectivity index (χ0) is 13.0. The Bertz CT molecular complexity index is 398. The topological polar surface area (TPSA) is 68.0 Å². The zero-order valence-electron chi connectivity index (χ0n) is 10.6. The van der Waals surface area contributed by atoms with Gasteiger partial charge in [-0.1, -0.05) is 6.07 Å². The van der Waals surface area contributed by atoms with E-state index < -0.39 is 0 Å². The van der Waals surface area contributed by atoms with Crippen LogP contribution in [0.1, 0.15) is 5.56 Å². The number of methoxy groups -OCH3 is 1. The van der Waals surface area contributed by atoms with Gasteiger partial charge in [0.15, 0.2) is 0 Å². The Hall–Kier alpha value is -1.30. The number of aliphatic hydroxyl groups excluding tert-OH is 1. The molecule has 0 bridgehead atoms. The van der Waals surface area contributed by atoms with Gasteiger partial charge >= 0.3 is 0 Å². The molecule has 1 atom stereocenters. The predicted molar refractivity (Wildman–Crippen MR) is 69.5 cm³/mol. The normalized spacial score (nSPS) is 20.9. The maximum Gasteiger partial charge on any atom is 0.125 e. The standard InChI is InChI=1S/C13H20N2O3/c1-17-13-6-11(14)3-2-10(13)7-15-4-5-18-9-12(15)8-16/h2-3,6,12,16H,4-5,7-9,14H2,1H3. The number of hydrogen-bond donors (Lipinski definition) is 2. The van der Waals surface area contributed by atoms with Gasteiger partial charge in [0.25, 0.3) is 0 Å². The number of rotatable bonds is 4. The van der Waals surface area contributed by atoms with Gasteiger partial charge in [-0.3, -0.25) is 4.90 Å². The van der Waals surface area contributed by atoms with E-state index >= 15 is 0 Å². The highest BCUT2D eigenvalue weighted by molar-refractivity contribution is 5.48. The van der Waals surface area contributed by atoms with Crippen molar-refractivity contribution in [2.24, 2.45) is 0 Å². The number of aliphatic hydroxyl groups is 1. The van der Waals surface area contributed by atoms with Gasteiger partial charge in [0.05, 0.1) is 33.0 Å². The highest BCUT2D eigenvalue weighted by Gasteiger charge is 2.23. The maximum atomic E-state index is 9.34. The van der Waals surface area contributed by atoms with E-state index in [0.29, 0.717) is 18.9 Å². The fourth-order valence-corrected chi connectivity index (χ4v) is 2.18. The minimum Gasteiger partial charge on any atom is -0.496 e. The Morgan fingerprint density at radius 1 is 1.56 bits per heavy atom. The molecule has 1 aliphatic heterocycles. The minimum atomic E-state index is 0.0565. The van der Waals surface area contributed by atoms with E-state index in [1.54, 1.807) is 7.11 Å². The van der Waals surface area contributed by atoms with Gasteiger partial charge in [0, 0.05) is 30.4 Å². The molecule has 5 nitrogen and oxygen atoms in total. The third kappa shape index (κ3) is 2.93. The molecule has 1 unspecified atom stereocenters. The molecule has 0 radical (unpaired) electrons. The molecular formula is C13H20N2O3. The van der Waals surface area contributed by atoms with Crippen LogP contribution in [-0.2, 0) is 11.3 Å². The van der Waals surface area contributed by atoms with Crippen LogP contribution in [0, 0.1) is 0 Å². The fourth-order valence-electron chi connectivity index (χ4n) is 2.18. The molecule has 1 fully saturated rings. The van der Waals surface area contributed by atoms with Gasteiger partial charge in [0.2, 0.25) is 0 Å². The van der Waals surface area contributed by atoms with Crippen molar-refractivity contribution < 1.29 is 14.6 Å². The van der Waals surface area contributed by atoms with E-state index in [9.17, 15) is 5.11 Å². The molecule has 0 spiro atoms. The minimum absolute atomic E-state index is 0.0565. The molecule has 3 N–H and O–H groups in total. The molecule has 100 valence electrons. The van der Waals surface area contributed by atoms with Crippen molar-refractivity contribution in [1.82, 2.24) is 4.90 Å². The number of anilines is 1. The molecule has 0 saturated carbocycles. The molecule has 1 aromatic rings. The molecule has 18 heavy (non-hydrogen) atoms. The van der Waals surface area contributed by atoms with Crippen molar-refractivity contribution in [2.75, 3.05) is 39.2 Å². The molecule has 0 aromatic heterocycles. The molecule has 2 rings (SSSR count). The summed E-state index contributed by atoms with van der Waals surface area (Å²) >= 11 is 0. The van der Waals surface area contributed by atoms with Gasteiger partial charge in [0.1, 0.15) is 5.75 Å². The molecule has 5 heteroatoms. The maximum absolute atomic E-state index is 9.34. The fraction of sp³-hybridized carbons (Fsp3) is 0.538. The van der Waals surface area contributed by atoms with Crippen molar-refractivity contribution in [3.05, 3.63) is 23.8 Å². The lowest BCUT2D eigenvalue weighted by Crippen LogP contribution is -2.46. The molecular weight excluding hydrogens is 232 g/mol. The van der Waals surface area contributed by atoms with Crippen molar-refractivity contribution >= 4 is 5.69 Å². The van der Waals surface area contributed by atoms with Gasteiger partial charge in [-0.15, -0.1) is 0 Å². The van der Waals surface area contributed by atoms with E-state index in [1.165, 1.54) is 0 Å². The predicted octanol–water partition coefficient (Wildman–Crippen LogP) is 0.470. The van der Waals surface area contributed by atoms with Crippen molar-refractivity contribution in [2.45, 2.75) is 12.6 Å². The number of nitrogen functional groups attached to an aromatic ring is 1. The molecule has 1 heterocycles. The Morgan fingerprint density at radius 2 is 2.39 bits per heavy atom. The zero-order valence-corrected chi connectivity index (χ0v) is 10.6. The number of morpholine rings is 1. The number of benzene rings is 1. The van der Waals surface area contributed by atoms with Gasteiger partial charge < -0.3 is 20.3 Å². The first-order chi connectivity index (χ1) is 8.74. The third-order valence-corrected chi connectivity index (χ3v) is 3.24. The second kappa shape index (κ2) is 6.04. The third-order valence-electron chi connectivity index (χ3n) is 3.24. The van der Waals surface area contributed by atoms with Gasteiger partial charge in [-0.2, -0.15) is 0 Å². The summed E-state index contributed by atoms with van der Waals surface area (Å²) in [6.07, 6.45) is 0. The summed E-state index contributed by atoms with van der Waals surface area (Å²) in [4.78, 5) is 2.21. The average Bonchev–Trinajstić information content (AvgIpc) is 2.41. The van der Waals surface area contributed by atoms with E-state index in [2.05, 4.69) is 4.90 Å². The SMILES string of the molecule is COc1cc(N)ccc1CN1CCOCC1CO. The highest BCUT2D eigenvalue weighted by atomic mass is 16.5. The first kappa shape index (κ1) is 13.1. The first-order valence-electron chi connectivity index (χ1n) is 6.09. The van der Waals surface area contributed by atoms with E-state index in [1.807, 2.05) is 18.2 Å². The van der Waals surface area contributed by atoms with Crippen molar-refractivity contribution in [3.8, 4) is 5.75 Å². The lowest BCUT2D eigenvalue weighted by Gasteiger charge is -2.34. The quantitative estimate of drug-likeness (QED) is 0.762. The van der Waals surface area contributed by atoms with Crippen LogP contribution < -0.4 is 10.5 Å². The average molecular weight is 252 g/mol. The monoisotopic (exact) mass is 252 g/mol. The number of ether oxygens (including phenoxy) is 2. The lowest BCUT2D eigenvalue weighted by molar-refractivity contribution is -0.0314. The Labute approximate surface area is 107 Å². The number of hydrogen-bond acceptors (Lipinski definition) is 5. The summed E-state index contributed by atoms with van der Waals surface area (Å²) in [5.41, 5.74) is 7.50. The Balaban J connectivity index is 2.12. The number of nitrogens with two attached hydrogens (primary N) is 1. The Morgan fingerprint density at radius 3 is 3.11 bits per heavy atom. The van der Waals surface area contributed by atoms with Crippen LogP contribution in [0.15, 0.2) is 18.2 Å². The van der Waals surface area contributed by atoms with Crippen LogP contribution in [0.5, 0.6) is 5.75 Å². The van der Waals surface area contributed by atoms with Crippen LogP contribution in [0.25, 0.3) is 0 Å². The molecule has 1 aliphatic rings. The van der Waals surface area contributed by atoms with Gasteiger partial charge in [-0.05, 0) is 6.07 Å². The van der Waals surface area contributed by atoms with Crippen LogP contribution in [0.4, 0.5) is 5.69 Å². The van der Waals surface area contributed by atoms with Crippen LogP contribution in [0.2, 0.25) is 0 Å². The highest BCUT2D eigenvalue weighted by Crippen LogP contribution is 2.24. The molecule has 1 saturated heterocycles. The van der Waals surface area contributed by atoms with Crippen LogP contribution in [-0.4, -0.2) is 49.5 Å². The summed E-state index contributed by atoms with van der Waals surface area (Å²) in [5.74, 6) is 0.790. The molecule has 0 amide bonds. The summed E-state index contributed by atoms with van der Waals surface area (Å²) in [6, 6.07) is 5.72. The van der Waals surface area contributed by atoms with E-state index in [4.69, 9.17) is 15.2 Å². The summed E-state index contributed by atoms with van der Waals surface area (Å²) in [7, 11) is 1.64. The van der Waals surface area contributed by atoms with Crippen LogP contribution in [0.3, 0.4) is 0 Å². The summed E-state index contributed by atoms with van der Waals surface area (Å²) in [6.45, 7) is 2.94. The second-order valence-corrected chi connectivity index (χ2v) is 4.45. The Kier molecular flexibility index (Phi) is 4.41. The second-order valence-electron chi connectivity index (χ2n) is 4.45. The van der Waals surface area contributed by atoms with E-state index in [-0.39, 0.29) is 12.6 Å². The lowest BCUT2D eigenvalue weighted by atomic mass is 10.1. The van der Waals surface area contributed by atoms with Crippen molar-refractivity contribution in [3.63, 3.8) is 0 Å². The first-order valence-corrected chi connectivity index (χ1v) is 6.09. The van der Waals surface area contributed by atoms with Gasteiger partial charge in [-0.25, -0.2) is 0 Å². The van der Waals surface area contributed by atoms with E-state index in [0.717, 1.165) is 24.4 Å². The smallest absolute Gasteiger partial charge is 0.125 e. The molecule has 1 aromatic carbocycles. The summed E-state index contributed by atoms with van der Waals surface area (Å²) < 4.78 is 10.7.